The van der Waals surface area contributed by atoms with E-state index in [1.165, 1.54) is 25.7 Å². The van der Waals surface area contributed by atoms with Gasteiger partial charge >= 0.3 is 0 Å². The molecule has 1 aromatic carbocycles. The van der Waals surface area contributed by atoms with Gasteiger partial charge in [-0.05, 0) is 55.9 Å². The van der Waals surface area contributed by atoms with Crippen LogP contribution in [-0.4, -0.2) is 24.9 Å². The molecule has 0 spiro atoms. The summed E-state index contributed by atoms with van der Waals surface area (Å²) in [4.78, 5) is 0. The number of hydrogen-bond acceptors (Lipinski definition) is 3. The molecule has 0 saturated heterocycles. The lowest BCUT2D eigenvalue weighted by Crippen LogP contribution is -2.28. The van der Waals surface area contributed by atoms with Crippen LogP contribution in [0.4, 0.5) is 5.69 Å². The van der Waals surface area contributed by atoms with Gasteiger partial charge in [0.2, 0.25) is 0 Å². The fourth-order valence-electron chi connectivity index (χ4n) is 2.88. The summed E-state index contributed by atoms with van der Waals surface area (Å²) in [5.41, 5.74) is 1.13. The summed E-state index contributed by atoms with van der Waals surface area (Å²) in [7, 11) is 0. The second kappa shape index (κ2) is 7.39. The number of anilines is 1. The summed E-state index contributed by atoms with van der Waals surface area (Å²) >= 11 is 0. The van der Waals surface area contributed by atoms with Crippen molar-refractivity contribution in [2.24, 2.45) is 11.8 Å². The van der Waals surface area contributed by atoms with E-state index in [2.05, 4.69) is 17.4 Å². The van der Waals surface area contributed by atoms with Gasteiger partial charge in [-0.3, -0.25) is 0 Å². The van der Waals surface area contributed by atoms with Crippen molar-refractivity contribution in [3.8, 4) is 5.75 Å². The van der Waals surface area contributed by atoms with Gasteiger partial charge in [0, 0.05) is 18.8 Å². The monoisotopic (exact) mass is 263 g/mol. The lowest BCUT2D eigenvalue weighted by molar-refractivity contribution is 0.141. The highest BCUT2D eigenvalue weighted by molar-refractivity contribution is 5.46. The first-order valence-electron chi connectivity index (χ1n) is 7.41. The SMILES string of the molecule is CCOc1ccc(NCC2CCCCC2CO)cc1. The topological polar surface area (TPSA) is 41.5 Å². The summed E-state index contributed by atoms with van der Waals surface area (Å²) in [5.74, 6) is 1.99. The average molecular weight is 263 g/mol. The molecule has 0 aliphatic heterocycles. The average Bonchev–Trinajstić information content (AvgIpc) is 2.47. The number of rotatable bonds is 6. The van der Waals surface area contributed by atoms with E-state index in [1.807, 2.05) is 19.1 Å². The van der Waals surface area contributed by atoms with Crippen LogP contribution < -0.4 is 10.1 Å². The molecule has 2 atom stereocenters. The third-order valence-electron chi connectivity index (χ3n) is 4.03. The van der Waals surface area contributed by atoms with Crippen molar-refractivity contribution in [1.82, 2.24) is 0 Å². The van der Waals surface area contributed by atoms with E-state index in [0.717, 1.165) is 18.0 Å². The number of aliphatic hydroxyl groups excluding tert-OH is 1. The van der Waals surface area contributed by atoms with Crippen molar-refractivity contribution in [3.63, 3.8) is 0 Å². The molecule has 0 heterocycles. The van der Waals surface area contributed by atoms with E-state index in [9.17, 15) is 5.11 Å². The number of ether oxygens (including phenoxy) is 1. The Morgan fingerprint density at radius 2 is 1.84 bits per heavy atom. The van der Waals surface area contributed by atoms with Gasteiger partial charge in [-0.15, -0.1) is 0 Å². The lowest BCUT2D eigenvalue weighted by Gasteiger charge is -2.30. The first-order chi connectivity index (χ1) is 9.33. The van der Waals surface area contributed by atoms with E-state index < -0.39 is 0 Å². The molecule has 1 aromatic rings. The fraction of sp³-hybridized carbons (Fsp3) is 0.625. The lowest BCUT2D eigenvalue weighted by atomic mass is 9.79. The van der Waals surface area contributed by atoms with Gasteiger partial charge in [0.1, 0.15) is 5.75 Å². The van der Waals surface area contributed by atoms with Crippen LogP contribution in [0.5, 0.6) is 5.75 Å². The maximum Gasteiger partial charge on any atom is 0.119 e. The molecule has 1 fully saturated rings. The van der Waals surface area contributed by atoms with Crippen LogP contribution in [0.3, 0.4) is 0 Å². The fourth-order valence-corrected chi connectivity index (χ4v) is 2.88. The van der Waals surface area contributed by atoms with Crippen molar-refractivity contribution in [2.75, 3.05) is 25.1 Å². The third kappa shape index (κ3) is 4.13. The molecule has 0 bridgehead atoms. The van der Waals surface area contributed by atoms with Gasteiger partial charge in [-0.25, -0.2) is 0 Å². The van der Waals surface area contributed by atoms with E-state index in [1.54, 1.807) is 0 Å². The molecule has 19 heavy (non-hydrogen) atoms. The van der Waals surface area contributed by atoms with Gasteiger partial charge in [0.05, 0.1) is 6.61 Å². The van der Waals surface area contributed by atoms with E-state index in [0.29, 0.717) is 25.0 Å². The summed E-state index contributed by atoms with van der Waals surface area (Å²) in [6.07, 6.45) is 4.97. The molecule has 106 valence electrons. The van der Waals surface area contributed by atoms with Gasteiger partial charge in [0.15, 0.2) is 0 Å². The second-order valence-electron chi connectivity index (χ2n) is 5.33. The quantitative estimate of drug-likeness (QED) is 0.827. The Morgan fingerprint density at radius 1 is 1.16 bits per heavy atom. The summed E-state index contributed by atoms with van der Waals surface area (Å²) < 4.78 is 5.43. The minimum atomic E-state index is 0.329. The highest BCUT2D eigenvalue weighted by Gasteiger charge is 2.23. The van der Waals surface area contributed by atoms with Crippen molar-refractivity contribution in [1.29, 1.82) is 0 Å². The number of benzene rings is 1. The van der Waals surface area contributed by atoms with Crippen LogP contribution >= 0.6 is 0 Å². The number of nitrogens with one attached hydrogen (secondary N) is 1. The molecular formula is C16H25NO2. The molecule has 2 N–H and O–H groups in total. The molecule has 0 radical (unpaired) electrons. The zero-order valence-corrected chi connectivity index (χ0v) is 11.8. The normalized spacial score (nSPS) is 23.1. The van der Waals surface area contributed by atoms with Gasteiger partial charge in [-0.2, -0.15) is 0 Å². The van der Waals surface area contributed by atoms with Crippen LogP contribution in [-0.2, 0) is 0 Å². The molecule has 2 rings (SSSR count). The predicted octanol–water partition coefficient (Wildman–Crippen LogP) is 3.30. The minimum absolute atomic E-state index is 0.329. The number of hydrogen-bond donors (Lipinski definition) is 2. The smallest absolute Gasteiger partial charge is 0.119 e. The molecule has 3 heteroatoms. The van der Waals surface area contributed by atoms with Crippen LogP contribution in [0.25, 0.3) is 0 Å². The Hall–Kier alpha value is -1.22. The van der Waals surface area contributed by atoms with E-state index in [4.69, 9.17) is 4.74 Å². The van der Waals surface area contributed by atoms with Crippen LogP contribution in [0, 0.1) is 11.8 Å². The third-order valence-corrected chi connectivity index (χ3v) is 4.03. The molecular weight excluding hydrogens is 238 g/mol. The zero-order chi connectivity index (χ0) is 13.5. The van der Waals surface area contributed by atoms with Crippen molar-refractivity contribution in [3.05, 3.63) is 24.3 Å². The maximum absolute atomic E-state index is 9.41. The Bertz CT molecular complexity index is 364. The first-order valence-corrected chi connectivity index (χ1v) is 7.41. The standard InChI is InChI=1S/C16H25NO2/c1-2-19-16-9-7-15(8-10-16)17-11-13-5-3-4-6-14(13)12-18/h7-10,13-14,17-18H,2-6,11-12H2,1H3. The number of aliphatic hydroxyl groups is 1. The zero-order valence-electron chi connectivity index (χ0n) is 11.8. The van der Waals surface area contributed by atoms with Crippen molar-refractivity contribution in [2.45, 2.75) is 32.6 Å². The Kier molecular flexibility index (Phi) is 5.52. The summed E-state index contributed by atoms with van der Waals surface area (Å²) in [6, 6.07) is 8.11. The Balaban J connectivity index is 1.83. The Morgan fingerprint density at radius 3 is 2.47 bits per heavy atom. The van der Waals surface area contributed by atoms with Crippen molar-refractivity contribution < 1.29 is 9.84 Å². The molecule has 1 aliphatic rings. The second-order valence-corrected chi connectivity index (χ2v) is 5.33. The summed E-state index contributed by atoms with van der Waals surface area (Å²) in [5, 5.41) is 12.9. The predicted molar refractivity (Wildman–Crippen MR) is 78.6 cm³/mol. The molecule has 3 nitrogen and oxygen atoms in total. The van der Waals surface area contributed by atoms with Gasteiger partial charge in [0.25, 0.3) is 0 Å². The van der Waals surface area contributed by atoms with Crippen LogP contribution in [0.15, 0.2) is 24.3 Å². The van der Waals surface area contributed by atoms with Crippen LogP contribution in [0.2, 0.25) is 0 Å². The van der Waals surface area contributed by atoms with E-state index >= 15 is 0 Å². The molecule has 1 aliphatic carbocycles. The molecule has 0 amide bonds. The Labute approximate surface area is 116 Å². The molecule has 1 saturated carbocycles. The molecule has 0 aromatic heterocycles. The highest BCUT2D eigenvalue weighted by Crippen LogP contribution is 2.30. The minimum Gasteiger partial charge on any atom is -0.494 e. The maximum atomic E-state index is 9.41. The van der Waals surface area contributed by atoms with E-state index in [-0.39, 0.29) is 0 Å². The summed E-state index contributed by atoms with van der Waals surface area (Å²) in [6.45, 7) is 3.98. The van der Waals surface area contributed by atoms with Crippen molar-refractivity contribution >= 4 is 5.69 Å². The largest absolute Gasteiger partial charge is 0.494 e. The van der Waals surface area contributed by atoms with Gasteiger partial charge in [-0.1, -0.05) is 12.8 Å². The van der Waals surface area contributed by atoms with Crippen LogP contribution in [0.1, 0.15) is 32.6 Å². The molecule has 2 unspecified atom stereocenters. The first kappa shape index (κ1) is 14.2. The highest BCUT2D eigenvalue weighted by atomic mass is 16.5. The van der Waals surface area contributed by atoms with Gasteiger partial charge < -0.3 is 15.2 Å².